The second-order valence-electron chi connectivity index (χ2n) is 10.2. The summed E-state index contributed by atoms with van der Waals surface area (Å²) in [5.74, 6) is 4.06. The number of aliphatic hydroxyl groups excluding tert-OH is 1. The van der Waals surface area contributed by atoms with E-state index >= 15 is 0 Å². The third-order valence-corrected chi connectivity index (χ3v) is 7.65. The Morgan fingerprint density at radius 3 is 2.17 bits per heavy atom. The number of aliphatic carboxylic acids is 1. The summed E-state index contributed by atoms with van der Waals surface area (Å²) in [5.41, 5.74) is 0. The molecule has 6 atom stereocenters. The fourth-order valence-corrected chi connectivity index (χ4v) is 5.85. The summed E-state index contributed by atoms with van der Waals surface area (Å²) in [6.07, 6.45) is 6.46. The quantitative estimate of drug-likeness (QED) is 0.491. The number of amides is 1. The molecule has 2 bridgehead atoms. The number of carbonyl (C=O) groups is 2. The monoisotopic (exact) mass is 425 g/mol. The molecule has 3 aliphatic rings. The first-order valence-electron chi connectivity index (χ1n) is 11.9. The molecule has 0 saturated heterocycles. The molecule has 0 radical (unpaired) electrons. The lowest BCUT2D eigenvalue weighted by Crippen LogP contribution is -2.37. The largest absolute Gasteiger partial charge is 0.481 e. The highest BCUT2D eigenvalue weighted by atomic mass is 16.5. The zero-order valence-electron chi connectivity index (χ0n) is 19.3. The standard InChI is InChI=1S/C15H27NO3.C9H16O2/c1-10(2)13-8-12-7-11(13)9-14(12)15(18)16-3-5-19-6-4-17;1-6(2)7-3-4-8(5-7)9(10)11/h10-14,17H,3-9H2,1-2H3,(H,16,18);6-8H,3-5H2,1-2H3,(H,10,11). The van der Waals surface area contributed by atoms with Crippen LogP contribution in [0.1, 0.15) is 66.2 Å². The summed E-state index contributed by atoms with van der Waals surface area (Å²) in [5, 5.41) is 20.3. The van der Waals surface area contributed by atoms with Gasteiger partial charge in [-0.05, 0) is 74.0 Å². The molecule has 174 valence electrons. The van der Waals surface area contributed by atoms with E-state index < -0.39 is 5.97 Å². The highest BCUT2D eigenvalue weighted by molar-refractivity contribution is 5.79. The van der Waals surface area contributed by atoms with Gasteiger partial charge in [0.25, 0.3) is 0 Å². The summed E-state index contributed by atoms with van der Waals surface area (Å²) in [6, 6.07) is 0. The predicted octanol–water partition coefficient (Wildman–Crippen LogP) is 3.57. The van der Waals surface area contributed by atoms with Crippen LogP contribution in [0, 0.1) is 47.3 Å². The van der Waals surface area contributed by atoms with Crippen LogP contribution in [0.5, 0.6) is 0 Å². The molecule has 3 rings (SSSR count). The minimum absolute atomic E-state index is 0.0386. The number of hydrogen-bond acceptors (Lipinski definition) is 4. The van der Waals surface area contributed by atoms with Gasteiger partial charge < -0.3 is 20.3 Å². The molecule has 3 saturated carbocycles. The maximum absolute atomic E-state index is 12.1. The van der Waals surface area contributed by atoms with Gasteiger partial charge in [-0.25, -0.2) is 0 Å². The summed E-state index contributed by atoms with van der Waals surface area (Å²) < 4.78 is 5.14. The van der Waals surface area contributed by atoms with Gasteiger partial charge in [0.15, 0.2) is 0 Å². The number of hydrogen-bond donors (Lipinski definition) is 3. The van der Waals surface area contributed by atoms with Crippen LogP contribution < -0.4 is 5.32 Å². The van der Waals surface area contributed by atoms with Gasteiger partial charge in [-0.3, -0.25) is 9.59 Å². The van der Waals surface area contributed by atoms with Crippen molar-refractivity contribution in [1.29, 1.82) is 0 Å². The predicted molar refractivity (Wildman–Crippen MR) is 117 cm³/mol. The Bertz CT molecular complexity index is 550. The molecule has 0 aromatic heterocycles. The zero-order chi connectivity index (χ0) is 22.3. The molecule has 0 aromatic rings. The first-order valence-corrected chi connectivity index (χ1v) is 11.9. The first-order chi connectivity index (χ1) is 14.2. The van der Waals surface area contributed by atoms with Crippen molar-refractivity contribution in [3.05, 3.63) is 0 Å². The Hall–Kier alpha value is -1.14. The van der Waals surface area contributed by atoms with Crippen LogP contribution in [0.2, 0.25) is 0 Å². The van der Waals surface area contributed by atoms with E-state index in [2.05, 4.69) is 33.0 Å². The van der Waals surface area contributed by atoms with Crippen molar-refractivity contribution in [2.75, 3.05) is 26.4 Å². The second-order valence-corrected chi connectivity index (χ2v) is 10.2. The van der Waals surface area contributed by atoms with Crippen molar-refractivity contribution < 1.29 is 24.5 Å². The molecule has 6 nitrogen and oxygen atoms in total. The molecular weight excluding hydrogens is 382 g/mol. The molecule has 3 aliphatic carbocycles. The van der Waals surface area contributed by atoms with E-state index in [1.807, 2.05) is 0 Å². The molecule has 30 heavy (non-hydrogen) atoms. The van der Waals surface area contributed by atoms with Crippen LogP contribution in [-0.4, -0.2) is 48.5 Å². The average molecular weight is 426 g/mol. The fraction of sp³-hybridized carbons (Fsp3) is 0.917. The number of aliphatic hydroxyl groups is 1. The SMILES string of the molecule is CC(C)C1CC2CC1CC2C(=O)NCCOCCO.CC(C)C1CCC(C(=O)O)C1. The van der Waals surface area contributed by atoms with Crippen LogP contribution in [0.4, 0.5) is 0 Å². The topological polar surface area (TPSA) is 95.9 Å². The molecule has 1 amide bonds. The van der Waals surface area contributed by atoms with Gasteiger partial charge in [0, 0.05) is 12.5 Å². The van der Waals surface area contributed by atoms with E-state index in [1.165, 1.54) is 12.8 Å². The van der Waals surface area contributed by atoms with Crippen LogP contribution in [-0.2, 0) is 14.3 Å². The van der Waals surface area contributed by atoms with Crippen molar-refractivity contribution in [2.45, 2.75) is 66.2 Å². The van der Waals surface area contributed by atoms with Gasteiger partial charge in [-0.15, -0.1) is 0 Å². The Morgan fingerprint density at radius 1 is 0.967 bits per heavy atom. The van der Waals surface area contributed by atoms with Crippen molar-refractivity contribution >= 4 is 11.9 Å². The number of ether oxygens (including phenoxy) is 1. The zero-order valence-corrected chi connectivity index (χ0v) is 19.3. The third-order valence-electron chi connectivity index (χ3n) is 7.65. The van der Waals surface area contributed by atoms with E-state index in [4.69, 9.17) is 14.9 Å². The van der Waals surface area contributed by atoms with Gasteiger partial charge in [-0.1, -0.05) is 27.7 Å². The van der Waals surface area contributed by atoms with E-state index in [0.29, 0.717) is 37.5 Å². The number of rotatable bonds is 9. The highest BCUT2D eigenvalue weighted by Crippen LogP contribution is 2.54. The Balaban J connectivity index is 0.000000248. The lowest BCUT2D eigenvalue weighted by molar-refractivity contribution is -0.141. The maximum Gasteiger partial charge on any atom is 0.306 e. The van der Waals surface area contributed by atoms with E-state index in [9.17, 15) is 9.59 Å². The molecule has 0 aromatic carbocycles. The first kappa shape index (κ1) is 25.1. The van der Waals surface area contributed by atoms with Crippen LogP contribution >= 0.6 is 0 Å². The Morgan fingerprint density at radius 2 is 1.70 bits per heavy atom. The van der Waals surface area contributed by atoms with Crippen molar-refractivity contribution in [2.24, 2.45) is 47.3 Å². The molecule has 0 spiro atoms. The molecule has 3 N–H and O–H groups in total. The summed E-state index contributed by atoms with van der Waals surface area (Å²) in [4.78, 5) is 22.7. The Labute approximate surface area is 182 Å². The van der Waals surface area contributed by atoms with Crippen molar-refractivity contribution in [3.8, 4) is 0 Å². The van der Waals surface area contributed by atoms with Crippen LogP contribution in [0.3, 0.4) is 0 Å². The second kappa shape index (κ2) is 12.0. The summed E-state index contributed by atoms with van der Waals surface area (Å²) >= 11 is 0. The number of nitrogens with one attached hydrogen (secondary N) is 1. The molecule has 0 aliphatic heterocycles. The molecule has 6 heteroatoms. The number of carboxylic acids is 1. The van der Waals surface area contributed by atoms with Gasteiger partial charge >= 0.3 is 5.97 Å². The fourth-order valence-electron chi connectivity index (χ4n) is 5.85. The normalized spacial score (nSPS) is 32.4. The highest BCUT2D eigenvalue weighted by Gasteiger charge is 2.48. The lowest BCUT2D eigenvalue weighted by Gasteiger charge is -2.29. The number of carboxylic acid groups (broad SMARTS) is 1. The molecule has 6 unspecified atom stereocenters. The summed E-state index contributed by atoms with van der Waals surface area (Å²) in [7, 11) is 0. The van der Waals surface area contributed by atoms with Crippen molar-refractivity contribution in [1.82, 2.24) is 5.32 Å². The van der Waals surface area contributed by atoms with Crippen molar-refractivity contribution in [3.63, 3.8) is 0 Å². The van der Waals surface area contributed by atoms with E-state index in [0.717, 1.165) is 43.4 Å². The van der Waals surface area contributed by atoms with Gasteiger partial charge in [0.2, 0.25) is 5.91 Å². The average Bonchev–Trinajstić information content (AvgIpc) is 3.43. The number of carbonyl (C=O) groups excluding carboxylic acids is 1. The molecule has 3 fully saturated rings. The summed E-state index contributed by atoms with van der Waals surface area (Å²) in [6.45, 7) is 10.4. The van der Waals surface area contributed by atoms with Gasteiger partial charge in [0.05, 0.1) is 25.7 Å². The van der Waals surface area contributed by atoms with Gasteiger partial charge in [0.1, 0.15) is 0 Å². The Kier molecular flexibility index (Phi) is 10.1. The minimum atomic E-state index is -0.604. The molecular formula is C24H43NO5. The minimum Gasteiger partial charge on any atom is -0.481 e. The lowest BCUT2D eigenvalue weighted by atomic mass is 9.76. The number of fused-ring (bicyclic) bond motifs is 2. The maximum atomic E-state index is 12.1. The van der Waals surface area contributed by atoms with E-state index in [1.54, 1.807) is 0 Å². The van der Waals surface area contributed by atoms with E-state index in [-0.39, 0.29) is 24.3 Å². The third kappa shape index (κ3) is 6.94. The molecule has 0 heterocycles. The van der Waals surface area contributed by atoms with Crippen LogP contribution in [0.25, 0.3) is 0 Å². The van der Waals surface area contributed by atoms with Crippen LogP contribution in [0.15, 0.2) is 0 Å². The smallest absolute Gasteiger partial charge is 0.306 e. The van der Waals surface area contributed by atoms with Gasteiger partial charge in [-0.2, -0.15) is 0 Å².